The molecule has 0 spiro atoms. The van der Waals surface area contributed by atoms with Crippen LogP contribution in [-0.4, -0.2) is 85.0 Å². The highest BCUT2D eigenvalue weighted by Gasteiger charge is 2.37. The predicted octanol–water partition coefficient (Wildman–Crippen LogP) is -0.678. The summed E-state index contributed by atoms with van der Waals surface area (Å²) in [6, 6.07) is -1.47. The number of alkyl carbamates (subject to hydrolysis) is 1. The number of amides is 3. The van der Waals surface area contributed by atoms with Gasteiger partial charge in [-0.3, -0.25) is 0 Å². The van der Waals surface area contributed by atoms with Crippen LogP contribution in [0, 0.1) is 0 Å². The molecule has 0 aromatic carbocycles. The first-order valence-electron chi connectivity index (χ1n) is 6.73. The van der Waals surface area contributed by atoms with Crippen molar-refractivity contribution in [2.45, 2.75) is 18.5 Å². The molecular weight excluding hydrogens is 282 g/mol. The number of likely N-dealkylation sites (tertiary alicyclic amines) is 1. The fraction of sp³-hybridized carbons (Fsp3) is 0.750. The standard InChI is InChI=1S/C12H19N3O6/c1-20-11(18)13-8-2-3-14(6-8)12(19)15-4-5-21-7-9(15)10(16)17/h8-9H,2-7H2,1H3,(H,13,18)(H,16,17). The van der Waals surface area contributed by atoms with Gasteiger partial charge in [0.05, 0.1) is 26.4 Å². The quantitative estimate of drug-likeness (QED) is 0.699. The van der Waals surface area contributed by atoms with Crippen molar-refractivity contribution in [3.63, 3.8) is 0 Å². The van der Waals surface area contributed by atoms with Crippen molar-refractivity contribution in [2.24, 2.45) is 0 Å². The molecule has 0 radical (unpaired) electrons. The van der Waals surface area contributed by atoms with Gasteiger partial charge in [-0.1, -0.05) is 0 Å². The lowest BCUT2D eigenvalue weighted by Crippen LogP contribution is -2.56. The van der Waals surface area contributed by atoms with Gasteiger partial charge in [-0.2, -0.15) is 0 Å². The molecule has 0 bridgehead atoms. The molecule has 2 atom stereocenters. The average molecular weight is 301 g/mol. The summed E-state index contributed by atoms with van der Waals surface area (Å²) in [4.78, 5) is 37.6. The number of methoxy groups -OCH3 is 1. The third-order valence-electron chi connectivity index (χ3n) is 3.63. The van der Waals surface area contributed by atoms with Gasteiger partial charge in [-0.05, 0) is 6.42 Å². The largest absolute Gasteiger partial charge is 0.480 e. The van der Waals surface area contributed by atoms with Crippen LogP contribution in [0.4, 0.5) is 9.59 Å². The predicted molar refractivity (Wildman–Crippen MR) is 69.9 cm³/mol. The minimum Gasteiger partial charge on any atom is -0.480 e. The first-order valence-corrected chi connectivity index (χ1v) is 6.73. The van der Waals surface area contributed by atoms with E-state index >= 15 is 0 Å². The molecule has 0 aliphatic carbocycles. The van der Waals surface area contributed by atoms with E-state index in [9.17, 15) is 14.4 Å². The van der Waals surface area contributed by atoms with Crippen LogP contribution in [-0.2, 0) is 14.3 Å². The Bertz CT molecular complexity index is 429. The van der Waals surface area contributed by atoms with E-state index in [1.807, 2.05) is 0 Å². The Morgan fingerprint density at radius 3 is 2.76 bits per heavy atom. The number of rotatable bonds is 2. The van der Waals surface area contributed by atoms with Gasteiger partial charge in [-0.25, -0.2) is 14.4 Å². The highest BCUT2D eigenvalue weighted by molar-refractivity contribution is 5.83. The molecule has 9 nitrogen and oxygen atoms in total. The monoisotopic (exact) mass is 301 g/mol. The summed E-state index contributed by atoms with van der Waals surface area (Å²) >= 11 is 0. The van der Waals surface area contributed by atoms with E-state index in [-0.39, 0.29) is 25.2 Å². The lowest BCUT2D eigenvalue weighted by atomic mass is 10.2. The molecule has 0 saturated carbocycles. The lowest BCUT2D eigenvalue weighted by molar-refractivity contribution is -0.147. The first kappa shape index (κ1) is 15.4. The zero-order valence-corrected chi connectivity index (χ0v) is 11.8. The van der Waals surface area contributed by atoms with Crippen molar-refractivity contribution in [1.29, 1.82) is 0 Å². The Balaban J connectivity index is 1.94. The molecule has 9 heteroatoms. The second-order valence-electron chi connectivity index (χ2n) is 4.97. The van der Waals surface area contributed by atoms with Crippen LogP contribution in [0.25, 0.3) is 0 Å². The summed E-state index contributed by atoms with van der Waals surface area (Å²) in [6.07, 6.45) is 0.0761. The molecule has 21 heavy (non-hydrogen) atoms. The molecule has 2 heterocycles. The van der Waals surface area contributed by atoms with Crippen LogP contribution in [0.15, 0.2) is 0 Å². The molecular formula is C12H19N3O6. The number of ether oxygens (including phenoxy) is 2. The number of hydrogen-bond acceptors (Lipinski definition) is 5. The van der Waals surface area contributed by atoms with E-state index in [1.54, 1.807) is 4.90 Å². The number of carboxylic acid groups (broad SMARTS) is 1. The van der Waals surface area contributed by atoms with E-state index < -0.39 is 18.1 Å². The van der Waals surface area contributed by atoms with Gasteiger partial charge in [0.25, 0.3) is 0 Å². The molecule has 2 saturated heterocycles. The molecule has 2 fully saturated rings. The first-order chi connectivity index (χ1) is 10.0. The van der Waals surface area contributed by atoms with Crippen LogP contribution >= 0.6 is 0 Å². The smallest absolute Gasteiger partial charge is 0.407 e. The van der Waals surface area contributed by atoms with Crippen LogP contribution in [0.1, 0.15) is 6.42 Å². The fourth-order valence-electron chi connectivity index (χ4n) is 2.50. The van der Waals surface area contributed by atoms with E-state index in [0.29, 0.717) is 26.1 Å². The summed E-state index contributed by atoms with van der Waals surface area (Å²) in [5.74, 6) is -1.08. The number of nitrogens with zero attached hydrogens (tertiary/aromatic N) is 2. The van der Waals surface area contributed by atoms with Gasteiger partial charge in [0.2, 0.25) is 0 Å². The Hall–Kier alpha value is -2.03. The Morgan fingerprint density at radius 1 is 1.33 bits per heavy atom. The van der Waals surface area contributed by atoms with Crippen molar-refractivity contribution >= 4 is 18.1 Å². The van der Waals surface area contributed by atoms with Crippen LogP contribution in [0.3, 0.4) is 0 Å². The van der Waals surface area contributed by atoms with E-state index in [4.69, 9.17) is 9.84 Å². The third-order valence-corrected chi connectivity index (χ3v) is 3.63. The van der Waals surface area contributed by atoms with Crippen molar-refractivity contribution < 1.29 is 29.0 Å². The molecule has 2 rings (SSSR count). The van der Waals surface area contributed by atoms with Crippen molar-refractivity contribution in [3.8, 4) is 0 Å². The molecule has 2 aliphatic heterocycles. The van der Waals surface area contributed by atoms with Gasteiger partial charge in [0.15, 0.2) is 6.04 Å². The van der Waals surface area contributed by atoms with Crippen LogP contribution < -0.4 is 5.32 Å². The second-order valence-corrected chi connectivity index (χ2v) is 4.97. The zero-order chi connectivity index (χ0) is 15.4. The van der Waals surface area contributed by atoms with Crippen molar-refractivity contribution in [1.82, 2.24) is 15.1 Å². The number of morpholine rings is 1. The number of carbonyl (C=O) groups is 3. The Kier molecular flexibility index (Phi) is 4.84. The summed E-state index contributed by atoms with van der Waals surface area (Å²) in [5.41, 5.74) is 0. The summed E-state index contributed by atoms with van der Waals surface area (Å²) in [5, 5.41) is 11.8. The zero-order valence-electron chi connectivity index (χ0n) is 11.8. The molecule has 3 amide bonds. The number of hydrogen-bond donors (Lipinski definition) is 2. The number of nitrogens with one attached hydrogen (secondary N) is 1. The van der Waals surface area contributed by atoms with Crippen LogP contribution in [0.2, 0.25) is 0 Å². The maximum absolute atomic E-state index is 12.4. The van der Waals surface area contributed by atoms with E-state index in [2.05, 4.69) is 10.1 Å². The Morgan fingerprint density at radius 2 is 2.10 bits per heavy atom. The Labute approximate surface area is 121 Å². The molecule has 2 N–H and O–H groups in total. The fourth-order valence-corrected chi connectivity index (χ4v) is 2.50. The molecule has 2 unspecified atom stereocenters. The average Bonchev–Trinajstić information content (AvgIpc) is 2.94. The summed E-state index contributed by atoms with van der Waals surface area (Å²) in [6.45, 7) is 1.39. The van der Waals surface area contributed by atoms with Gasteiger partial charge >= 0.3 is 18.1 Å². The van der Waals surface area contributed by atoms with Crippen LogP contribution in [0.5, 0.6) is 0 Å². The SMILES string of the molecule is COC(=O)NC1CCN(C(=O)N2CCOCC2C(=O)O)C1. The van der Waals surface area contributed by atoms with Crippen molar-refractivity contribution in [3.05, 3.63) is 0 Å². The second kappa shape index (κ2) is 6.61. The summed E-state index contributed by atoms with van der Waals surface area (Å²) in [7, 11) is 1.28. The van der Waals surface area contributed by atoms with Gasteiger partial charge < -0.3 is 29.7 Å². The number of urea groups is 1. The molecule has 0 aromatic heterocycles. The van der Waals surface area contributed by atoms with Gasteiger partial charge in [0, 0.05) is 19.6 Å². The molecule has 2 aliphatic rings. The topological polar surface area (TPSA) is 108 Å². The van der Waals surface area contributed by atoms with E-state index in [1.165, 1.54) is 12.0 Å². The molecule has 0 aromatic rings. The summed E-state index contributed by atoms with van der Waals surface area (Å²) < 4.78 is 9.62. The maximum Gasteiger partial charge on any atom is 0.407 e. The van der Waals surface area contributed by atoms with Gasteiger partial charge in [-0.15, -0.1) is 0 Å². The number of aliphatic carboxylic acids is 1. The van der Waals surface area contributed by atoms with Gasteiger partial charge in [0.1, 0.15) is 0 Å². The molecule has 118 valence electrons. The highest BCUT2D eigenvalue weighted by atomic mass is 16.5. The number of carboxylic acids is 1. The van der Waals surface area contributed by atoms with Crippen molar-refractivity contribution in [2.75, 3.05) is 40.0 Å². The lowest BCUT2D eigenvalue weighted by Gasteiger charge is -2.35. The normalized spacial score (nSPS) is 25.6. The maximum atomic E-state index is 12.4. The number of carbonyl (C=O) groups excluding carboxylic acids is 2. The highest BCUT2D eigenvalue weighted by Crippen LogP contribution is 2.16. The minimum absolute atomic E-state index is 0.00124. The minimum atomic E-state index is -1.08. The third kappa shape index (κ3) is 3.54. The van der Waals surface area contributed by atoms with E-state index in [0.717, 1.165) is 0 Å².